The van der Waals surface area contributed by atoms with Crippen molar-refractivity contribution in [2.45, 2.75) is 9.79 Å². The first kappa shape index (κ1) is 16.8. The smallest absolute Gasteiger partial charge is 0.159 e. The number of aromatic nitrogens is 2. The van der Waals surface area contributed by atoms with E-state index in [2.05, 4.69) is 17.1 Å². The molecule has 0 saturated carbocycles. The molecular weight excluding hydrogens is 360 g/mol. The summed E-state index contributed by atoms with van der Waals surface area (Å²) in [5, 5.41) is 0.730. The van der Waals surface area contributed by atoms with Gasteiger partial charge in [-0.15, -0.1) is 0 Å². The molecule has 0 aliphatic rings. The van der Waals surface area contributed by atoms with Crippen molar-refractivity contribution < 1.29 is 0 Å². The van der Waals surface area contributed by atoms with Crippen LogP contribution in [0.25, 0.3) is 22.6 Å². The van der Waals surface area contributed by atoms with Crippen molar-refractivity contribution in [2.24, 2.45) is 0 Å². The molecule has 0 bridgehead atoms. The number of rotatable bonds is 4. The number of halogens is 1. The summed E-state index contributed by atoms with van der Waals surface area (Å²) in [4.78, 5) is 11.6. The molecule has 126 valence electrons. The van der Waals surface area contributed by atoms with Crippen LogP contribution in [0.3, 0.4) is 0 Å². The van der Waals surface area contributed by atoms with Crippen molar-refractivity contribution in [3.63, 3.8) is 0 Å². The van der Waals surface area contributed by atoms with E-state index >= 15 is 0 Å². The van der Waals surface area contributed by atoms with Crippen molar-refractivity contribution >= 4 is 23.4 Å². The Balaban J connectivity index is 1.79. The minimum Gasteiger partial charge on any atom is -0.235 e. The van der Waals surface area contributed by atoms with Crippen molar-refractivity contribution in [2.75, 3.05) is 0 Å². The van der Waals surface area contributed by atoms with Gasteiger partial charge in [-0.05, 0) is 24.3 Å². The van der Waals surface area contributed by atoms with Gasteiger partial charge in [-0.2, -0.15) is 0 Å². The van der Waals surface area contributed by atoms with Crippen LogP contribution >= 0.6 is 23.4 Å². The van der Waals surface area contributed by atoms with E-state index in [4.69, 9.17) is 16.6 Å². The second kappa shape index (κ2) is 7.73. The highest BCUT2D eigenvalue weighted by molar-refractivity contribution is 7.99. The van der Waals surface area contributed by atoms with E-state index in [-0.39, 0.29) is 0 Å². The van der Waals surface area contributed by atoms with Gasteiger partial charge in [-0.1, -0.05) is 84.0 Å². The van der Waals surface area contributed by atoms with E-state index in [1.165, 1.54) is 0 Å². The lowest BCUT2D eigenvalue weighted by molar-refractivity contribution is 1.11. The van der Waals surface area contributed by atoms with E-state index < -0.39 is 0 Å². The first-order valence-corrected chi connectivity index (χ1v) is 9.40. The van der Waals surface area contributed by atoms with Crippen molar-refractivity contribution in [1.82, 2.24) is 9.97 Å². The van der Waals surface area contributed by atoms with E-state index in [1.807, 2.05) is 79.0 Å². The van der Waals surface area contributed by atoms with Gasteiger partial charge in [0.1, 0.15) is 0 Å². The van der Waals surface area contributed by atoms with Crippen LogP contribution in [0.1, 0.15) is 0 Å². The van der Waals surface area contributed by atoms with Crippen LogP contribution in [-0.2, 0) is 0 Å². The largest absolute Gasteiger partial charge is 0.235 e. The highest BCUT2D eigenvalue weighted by Gasteiger charge is 2.12. The minimum atomic E-state index is 0.727. The van der Waals surface area contributed by atoms with Crippen LogP contribution in [0, 0.1) is 0 Å². The third-order valence-corrected chi connectivity index (χ3v) is 5.15. The summed E-state index contributed by atoms with van der Waals surface area (Å²) < 4.78 is 0. The lowest BCUT2D eigenvalue weighted by Crippen LogP contribution is -1.94. The van der Waals surface area contributed by atoms with Gasteiger partial charge in [0.25, 0.3) is 0 Å². The Labute approximate surface area is 161 Å². The van der Waals surface area contributed by atoms with E-state index in [9.17, 15) is 0 Å². The molecule has 0 amide bonds. The predicted molar refractivity (Wildman–Crippen MR) is 108 cm³/mol. The number of nitrogens with zero attached hydrogens (tertiary/aromatic N) is 2. The maximum Gasteiger partial charge on any atom is 0.159 e. The molecule has 0 aliphatic heterocycles. The molecule has 1 aromatic heterocycles. The molecule has 0 spiro atoms. The molecule has 4 rings (SSSR count). The van der Waals surface area contributed by atoms with Crippen LogP contribution in [0.4, 0.5) is 0 Å². The fraction of sp³-hybridized carbons (Fsp3) is 0. The molecule has 4 heteroatoms. The van der Waals surface area contributed by atoms with Crippen LogP contribution < -0.4 is 0 Å². The van der Waals surface area contributed by atoms with Gasteiger partial charge < -0.3 is 0 Å². The van der Waals surface area contributed by atoms with Crippen LogP contribution in [0.2, 0.25) is 5.02 Å². The average molecular weight is 375 g/mol. The zero-order valence-electron chi connectivity index (χ0n) is 13.8. The average Bonchev–Trinajstić information content (AvgIpc) is 2.71. The zero-order valence-corrected chi connectivity index (χ0v) is 15.4. The molecule has 0 saturated heterocycles. The minimum absolute atomic E-state index is 0.727. The van der Waals surface area contributed by atoms with Gasteiger partial charge in [-0.25, -0.2) is 9.97 Å². The second-order valence-corrected chi connectivity index (χ2v) is 7.25. The Morgan fingerprint density at radius 3 is 1.96 bits per heavy atom. The fourth-order valence-corrected chi connectivity index (χ4v) is 3.62. The van der Waals surface area contributed by atoms with Gasteiger partial charge in [0.2, 0.25) is 0 Å². The quantitative estimate of drug-likeness (QED) is 0.401. The van der Waals surface area contributed by atoms with Gasteiger partial charge in [-0.3, -0.25) is 0 Å². The van der Waals surface area contributed by atoms with Gasteiger partial charge in [0.15, 0.2) is 5.82 Å². The van der Waals surface area contributed by atoms with Gasteiger partial charge >= 0.3 is 0 Å². The summed E-state index contributed by atoms with van der Waals surface area (Å²) in [6, 6.07) is 28.0. The molecule has 26 heavy (non-hydrogen) atoms. The molecule has 0 N–H and O–H groups in total. The Bertz CT molecular complexity index is 1000. The molecule has 0 atom stereocenters. The van der Waals surface area contributed by atoms with Crippen molar-refractivity contribution in [3.05, 3.63) is 96.1 Å². The number of hydrogen-bond donors (Lipinski definition) is 0. The van der Waals surface area contributed by atoms with E-state index in [1.54, 1.807) is 11.8 Å². The Kier molecular flexibility index (Phi) is 5.00. The standard InChI is InChI=1S/C22H15ClN2S/c23-18-11-13-19(14-12-18)26-20-15-24-22(17-9-5-2-6-10-17)25-21(20)16-7-3-1-4-8-16/h1-15H. The fourth-order valence-electron chi connectivity index (χ4n) is 2.60. The van der Waals surface area contributed by atoms with E-state index in [0.717, 1.165) is 37.5 Å². The molecule has 1 heterocycles. The van der Waals surface area contributed by atoms with E-state index in [0.29, 0.717) is 0 Å². The van der Waals surface area contributed by atoms with Crippen LogP contribution in [-0.4, -0.2) is 9.97 Å². The first-order valence-electron chi connectivity index (χ1n) is 8.21. The van der Waals surface area contributed by atoms with Crippen LogP contribution in [0.15, 0.2) is 101 Å². The summed E-state index contributed by atoms with van der Waals surface area (Å²) in [6.07, 6.45) is 1.90. The molecule has 2 nitrogen and oxygen atoms in total. The predicted octanol–water partition coefficient (Wildman–Crippen LogP) is 6.62. The Morgan fingerprint density at radius 1 is 0.692 bits per heavy atom. The summed E-state index contributed by atoms with van der Waals surface area (Å²) in [6.45, 7) is 0. The SMILES string of the molecule is Clc1ccc(Sc2cnc(-c3ccccc3)nc2-c2ccccc2)cc1. The lowest BCUT2D eigenvalue weighted by atomic mass is 10.1. The molecular formula is C22H15ClN2S. The summed E-state index contributed by atoms with van der Waals surface area (Å²) in [5.41, 5.74) is 3.01. The highest BCUT2D eigenvalue weighted by Crippen LogP contribution is 2.35. The second-order valence-electron chi connectivity index (χ2n) is 5.69. The molecule has 0 unspecified atom stereocenters. The van der Waals surface area contributed by atoms with Gasteiger partial charge in [0, 0.05) is 27.2 Å². The Hall–Kier alpha value is -2.62. The third kappa shape index (κ3) is 3.79. The number of benzene rings is 3. The van der Waals surface area contributed by atoms with Gasteiger partial charge in [0.05, 0.1) is 10.6 Å². The molecule has 4 aromatic rings. The first-order chi connectivity index (χ1) is 12.8. The summed E-state index contributed by atoms with van der Waals surface area (Å²) >= 11 is 7.63. The molecule has 0 radical (unpaired) electrons. The topological polar surface area (TPSA) is 25.8 Å². The summed E-state index contributed by atoms with van der Waals surface area (Å²) in [5.74, 6) is 0.727. The molecule has 0 aliphatic carbocycles. The number of hydrogen-bond acceptors (Lipinski definition) is 3. The highest BCUT2D eigenvalue weighted by atomic mass is 35.5. The zero-order chi connectivity index (χ0) is 17.8. The van der Waals surface area contributed by atoms with Crippen LogP contribution in [0.5, 0.6) is 0 Å². The maximum absolute atomic E-state index is 6.00. The molecule has 0 fully saturated rings. The third-order valence-electron chi connectivity index (χ3n) is 3.88. The lowest BCUT2D eigenvalue weighted by Gasteiger charge is -2.10. The Morgan fingerprint density at radius 2 is 1.31 bits per heavy atom. The van der Waals surface area contributed by atoms with Crippen molar-refractivity contribution in [1.29, 1.82) is 0 Å². The monoisotopic (exact) mass is 374 g/mol. The normalized spacial score (nSPS) is 10.7. The van der Waals surface area contributed by atoms with Crippen molar-refractivity contribution in [3.8, 4) is 22.6 Å². The molecule has 3 aromatic carbocycles. The maximum atomic E-state index is 6.00. The summed E-state index contributed by atoms with van der Waals surface area (Å²) in [7, 11) is 0.